The van der Waals surface area contributed by atoms with Gasteiger partial charge in [0.25, 0.3) is 0 Å². The number of nitrogens with two attached hydrogens (primary N) is 1. The van der Waals surface area contributed by atoms with E-state index in [1.54, 1.807) is 6.92 Å². The van der Waals surface area contributed by atoms with Gasteiger partial charge in [0.05, 0.1) is 24.5 Å². The highest BCUT2D eigenvalue weighted by molar-refractivity contribution is 5.82. The highest BCUT2D eigenvalue weighted by Crippen LogP contribution is 2.45. The van der Waals surface area contributed by atoms with Gasteiger partial charge in [0, 0.05) is 0 Å². The largest absolute Gasteiger partial charge is 0.481 e. The normalized spacial score (nSPS) is 24.9. The standard InChI is InChI=1S/C17H25NO6/c1-3-10(15(19)20)7-8-12-13(11-5-6-11)9-24-17(22,14(12)18)16(21)23-4-2/h9-11,22H,3-8,18H2,1-2H3,(H,19,20). The van der Waals surface area contributed by atoms with Crippen LogP contribution in [0.15, 0.2) is 23.1 Å². The van der Waals surface area contributed by atoms with E-state index in [0.29, 0.717) is 24.8 Å². The molecule has 1 aliphatic heterocycles. The molecule has 1 aliphatic carbocycles. The number of carboxylic acids is 1. The highest BCUT2D eigenvalue weighted by Gasteiger charge is 2.48. The molecule has 0 spiro atoms. The van der Waals surface area contributed by atoms with Gasteiger partial charge in [0.15, 0.2) is 0 Å². The van der Waals surface area contributed by atoms with Crippen molar-refractivity contribution in [3.8, 4) is 0 Å². The molecular weight excluding hydrogens is 314 g/mol. The minimum atomic E-state index is -2.34. The summed E-state index contributed by atoms with van der Waals surface area (Å²) in [5.74, 6) is -4.37. The second kappa shape index (κ2) is 7.25. The highest BCUT2D eigenvalue weighted by atomic mass is 16.7. The molecule has 0 aromatic rings. The summed E-state index contributed by atoms with van der Waals surface area (Å²) in [7, 11) is 0. The van der Waals surface area contributed by atoms with E-state index in [2.05, 4.69) is 0 Å². The molecule has 0 saturated heterocycles. The van der Waals surface area contributed by atoms with Crippen molar-refractivity contribution >= 4 is 11.9 Å². The van der Waals surface area contributed by atoms with Gasteiger partial charge in [-0.25, -0.2) is 4.79 Å². The summed E-state index contributed by atoms with van der Waals surface area (Å²) in [6, 6.07) is 0. The molecule has 1 saturated carbocycles. The van der Waals surface area contributed by atoms with E-state index in [9.17, 15) is 19.8 Å². The summed E-state index contributed by atoms with van der Waals surface area (Å²) in [4.78, 5) is 23.3. The van der Waals surface area contributed by atoms with Gasteiger partial charge >= 0.3 is 17.7 Å². The van der Waals surface area contributed by atoms with Crippen LogP contribution < -0.4 is 5.73 Å². The summed E-state index contributed by atoms with van der Waals surface area (Å²) < 4.78 is 10.1. The summed E-state index contributed by atoms with van der Waals surface area (Å²) in [5, 5.41) is 19.7. The first-order valence-corrected chi connectivity index (χ1v) is 8.34. The molecule has 0 aromatic heterocycles. The van der Waals surface area contributed by atoms with Gasteiger partial charge < -0.3 is 25.4 Å². The molecule has 0 amide bonds. The predicted molar refractivity (Wildman–Crippen MR) is 85.3 cm³/mol. The Morgan fingerprint density at radius 1 is 1.46 bits per heavy atom. The fourth-order valence-corrected chi connectivity index (χ4v) is 2.87. The number of esters is 1. The molecule has 134 valence electrons. The molecule has 0 bridgehead atoms. The number of carbonyl (C=O) groups excluding carboxylic acids is 1. The van der Waals surface area contributed by atoms with Crippen LogP contribution in [-0.4, -0.2) is 34.5 Å². The Bertz CT molecular complexity index is 578. The minimum absolute atomic E-state index is 0.0865. The zero-order chi connectivity index (χ0) is 17.9. The summed E-state index contributed by atoms with van der Waals surface area (Å²) in [5.41, 5.74) is 7.43. The number of hydrogen-bond donors (Lipinski definition) is 3. The smallest absolute Gasteiger partial charge is 0.386 e. The SMILES string of the molecule is CCOC(=O)C1(O)OC=C(C2CC2)C(CCC(CC)C(=O)O)=C1N. The summed E-state index contributed by atoms with van der Waals surface area (Å²) >= 11 is 0. The van der Waals surface area contributed by atoms with E-state index in [-0.39, 0.29) is 18.2 Å². The van der Waals surface area contributed by atoms with Crippen LogP contribution in [0.4, 0.5) is 0 Å². The summed E-state index contributed by atoms with van der Waals surface area (Å²) in [6.45, 7) is 3.52. The topological polar surface area (TPSA) is 119 Å². The number of aliphatic hydroxyl groups is 1. The van der Waals surface area contributed by atoms with Crippen molar-refractivity contribution in [2.75, 3.05) is 6.61 Å². The molecule has 24 heavy (non-hydrogen) atoms. The van der Waals surface area contributed by atoms with Crippen LogP contribution in [0, 0.1) is 11.8 Å². The van der Waals surface area contributed by atoms with Gasteiger partial charge in [0.2, 0.25) is 0 Å². The Morgan fingerprint density at radius 2 is 2.12 bits per heavy atom. The molecule has 2 unspecified atom stereocenters. The van der Waals surface area contributed by atoms with Crippen molar-refractivity contribution in [2.45, 2.75) is 51.7 Å². The van der Waals surface area contributed by atoms with Crippen molar-refractivity contribution in [2.24, 2.45) is 17.6 Å². The Hall–Kier alpha value is -2.02. The lowest BCUT2D eigenvalue weighted by Gasteiger charge is -2.32. The molecule has 7 heteroatoms. The molecule has 7 nitrogen and oxygen atoms in total. The zero-order valence-corrected chi connectivity index (χ0v) is 14.1. The molecule has 0 aromatic carbocycles. The number of hydrogen-bond acceptors (Lipinski definition) is 6. The van der Waals surface area contributed by atoms with Gasteiger partial charge in [-0.1, -0.05) is 6.92 Å². The third kappa shape index (κ3) is 3.56. The van der Waals surface area contributed by atoms with E-state index in [0.717, 1.165) is 18.4 Å². The Kier molecular flexibility index (Phi) is 5.54. The first-order valence-electron chi connectivity index (χ1n) is 8.34. The Balaban J connectivity index is 2.27. The van der Waals surface area contributed by atoms with E-state index < -0.39 is 23.6 Å². The quantitative estimate of drug-likeness (QED) is 0.575. The number of rotatable bonds is 8. The zero-order valence-electron chi connectivity index (χ0n) is 14.1. The van der Waals surface area contributed by atoms with Crippen molar-refractivity contribution in [3.05, 3.63) is 23.1 Å². The second-order valence-electron chi connectivity index (χ2n) is 6.20. The van der Waals surface area contributed by atoms with E-state index in [1.165, 1.54) is 6.26 Å². The molecule has 4 N–H and O–H groups in total. The lowest BCUT2D eigenvalue weighted by Crippen LogP contribution is -2.48. The molecule has 2 atom stereocenters. The fourth-order valence-electron chi connectivity index (χ4n) is 2.87. The molecule has 1 heterocycles. The molecule has 2 rings (SSSR count). The molecule has 1 fully saturated rings. The Morgan fingerprint density at radius 3 is 2.62 bits per heavy atom. The van der Waals surface area contributed by atoms with Crippen LogP contribution in [0.25, 0.3) is 0 Å². The van der Waals surface area contributed by atoms with Crippen molar-refractivity contribution < 1.29 is 29.3 Å². The average Bonchev–Trinajstić information content (AvgIpc) is 3.36. The van der Waals surface area contributed by atoms with E-state index >= 15 is 0 Å². The van der Waals surface area contributed by atoms with Gasteiger partial charge in [-0.3, -0.25) is 4.79 Å². The maximum Gasteiger partial charge on any atom is 0.386 e. The third-order valence-electron chi connectivity index (χ3n) is 4.55. The van der Waals surface area contributed by atoms with Crippen LogP contribution in [0.1, 0.15) is 46.0 Å². The van der Waals surface area contributed by atoms with Crippen molar-refractivity contribution in [1.82, 2.24) is 0 Å². The maximum atomic E-state index is 12.0. The number of aliphatic carboxylic acids is 1. The van der Waals surface area contributed by atoms with Crippen LogP contribution in [0.5, 0.6) is 0 Å². The van der Waals surface area contributed by atoms with Crippen molar-refractivity contribution in [1.29, 1.82) is 0 Å². The molecule has 2 aliphatic rings. The van der Waals surface area contributed by atoms with Gasteiger partial charge in [-0.2, -0.15) is 0 Å². The van der Waals surface area contributed by atoms with Crippen LogP contribution in [0.2, 0.25) is 0 Å². The first kappa shape index (κ1) is 18.3. The second-order valence-corrected chi connectivity index (χ2v) is 6.20. The van der Waals surface area contributed by atoms with Gasteiger partial charge in [-0.05, 0) is 56.1 Å². The fraction of sp³-hybridized carbons (Fsp3) is 0.647. The predicted octanol–water partition coefficient (Wildman–Crippen LogP) is 1.67. The number of carboxylic acid groups (broad SMARTS) is 1. The van der Waals surface area contributed by atoms with Gasteiger partial charge in [-0.15, -0.1) is 0 Å². The molecule has 0 radical (unpaired) electrons. The van der Waals surface area contributed by atoms with E-state index in [1.807, 2.05) is 6.92 Å². The van der Waals surface area contributed by atoms with Crippen LogP contribution in [0.3, 0.4) is 0 Å². The van der Waals surface area contributed by atoms with Crippen LogP contribution in [-0.2, 0) is 19.1 Å². The lowest BCUT2D eigenvalue weighted by atomic mass is 9.88. The van der Waals surface area contributed by atoms with Crippen LogP contribution >= 0.6 is 0 Å². The molecular formula is C17H25NO6. The van der Waals surface area contributed by atoms with Crippen molar-refractivity contribution in [3.63, 3.8) is 0 Å². The monoisotopic (exact) mass is 339 g/mol. The summed E-state index contributed by atoms with van der Waals surface area (Å²) in [6.07, 6.45) is 4.60. The number of ether oxygens (including phenoxy) is 2. The minimum Gasteiger partial charge on any atom is -0.481 e. The van der Waals surface area contributed by atoms with E-state index in [4.69, 9.17) is 15.2 Å². The Labute approximate surface area is 141 Å². The van der Waals surface area contributed by atoms with Gasteiger partial charge in [0.1, 0.15) is 0 Å². The maximum absolute atomic E-state index is 12.0. The number of allylic oxidation sites excluding steroid dienone is 2. The third-order valence-corrected chi connectivity index (χ3v) is 4.55. The first-order chi connectivity index (χ1) is 11.3. The lowest BCUT2D eigenvalue weighted by molar-refractivity contribution is -0.200. The number of carbonyl (C=O) groups is 2. The average molecular weight is 339 g/mol.